The lowest BCUT2D eigenvalue weighted by Crippen LogP contribution is -2.30. The lowest BCUT2D eigenvalue weighted by atomic mass is 10.0. The smallest absolute Gasteiger partial charge is 0.306 e. The molecule has 0 spiro atoms. The molecule has 0 aromatic heterocycles. The summed E-state index contributed by atoms with van der Waals surface area (Å²) in [5, 5.41) is 0. The van der Waals surface area contributed by atoms with Gasteiger partial charge in [0.1, 0.15) is 13.2 Å². The van der Waals surface area contributed by atoms with Crippen LogP contribution in [0.15, 0.2) is 146 Å². The molecule has 0 N–H and O–H groups in total. The van der Waals surface area contributed by atoms with Crippen LogP contribution in [-0.4, -0.2) is 37.2 Å². The highest BCUT2D eigenvalue weighted by atomic mass is 16.6. The fourth-order valence-electron chi connectivity index (χ4n) is 8.74. The Morgan fingerprint density at radius 1 is 0.263 bits per heavy atom. The van der Waals surface area contributed by atoms with E-state index in [4.69, 9.17) is 14.2 Å². The second kappa shape index (κ2) is 66.8. The molecule has 0 saturated carbocycles. The number of rotatable bonds is 58. The molecule has 0 aromatic carbocycles. The van der Waals surface area contributed by atoms with Gasteiger partial charge in [0.25, 0.3) is 0 Å². The molecule has 0 aliphatic carbocycles. The Hall–Kier alpha value is -4.71. The summed E-state index contributed by atoms with van der Waals surface area (Å²) < 4.78 is 16.9. The second-order valence-electron chi connectivity index (χ2n) is 21.3. The summed E-state index contributed by atoms with van der Waals surface area (Å²) in [6.07, 6.45) is 95.7. The van der Waals surface area contributed by atoms with E-state index in [1.807, 2.05) is 0 Å². The van der Waals surface area contributed by atoms with Crippen LogP contribution in [0, 0.1) is 0 Å². The van der Waals surface area contributed by atoms with Gasteiger partial charge in [0.05, 0.1) is 0 Å². The molecule has 80 heavy (non-hydrogen) atoms. The van der Waals surface area contributed by atoms with Crippen molar-refractivity contribution in [2.24, 2.45) is 0 Å². The van der Waals surface area contributed by atoms with Gasteiger partial charge in [-0.05, 0) is 122 Å². The molecule has 0 radical (unpaired) electrons. The predicted molar refractivity (Wildman–Crippen MR) is 348 cm³/mol. The van der Waals surface area contributed by atoms with Crippen molar-refractivity contribution in [2.75, 3.05) is 13.2 Å². The number of carbonyl (C=O) groups is 3. The molecule has 452 valence electrons. The zero-order valence-corrected chi connectivity index (χ0v) is 51.8. The van der Waals surface area contributed by atoms with Crippen LogP contribution in [0.5, 0.6) is 0 Å². The van der Waals surface area contributed by atoms with Crippen LogP contribution >= 0.6 is 0 Å². The number of hydrogen-bond donors (Lipinski definition) is 0. The van der Waals surface area contributed by atoms with Gasteiger partial charge in [0, 0.05) is 19.3 Å². The third-order valence-corrected chi connectivity index (χ3v) is 13.6. The van der Waals surface area contributed by atoms with E-state index in [2.05, 4.69) is 167 Å². The second-order valence-corrected chi connectivity index (χ2v) is 21.3. The van der Waals surface area contributed by atoms with Crippen LogP contribution in [0.2, 0.25) is 0 Å². The van der Waals surface area contributed by atoms with E-state index in [9.17, 15) is 14.4 Å². The minimum Gasteiger partial charge on any atom is -0.462 e. The van der Waals surface area contributed by atoms with Gasteiger partial charge in [-0.3, -0.25) is 14.4 Å². The summed E-state index contributed by atoms with van der Waals surface area (Å²) in [5.41, 5.74) is 0. The molecule has 0 fully saturated rings. The highest BCUT2D eigenvalue weighted by Crippen LogP contribution is 2.16. The summed E-state index contributed by atoms with van der Waals surface area (Å²) in [4.78, 5) is 38.4. The molecule has 0 amide bonds. The minimum absolute atomic E-state index is 0.108. The van der Waals surface area contributed by atoms with Crippen molar-refractivity contribution in [3.05, 3.63) is 146 Å². The van der Waals surface area contributed by atoms with Gasteiger partial charge in [-0.1, -0.05) is 289 Å². The first-order chi connectivity index (χ1) is 39.5. The number of carbonyl (C=O) groups excluding carboxylic acids is 3. The van der Waals surface area contributed by atoms with E-state index in [1.54, 1.807) is 0 Å². The molecule has 0 rings (SSSR count). The Labute approximate surface area is 493 Å². The van der Waals surface area contributed by atoms with E-state index in [1.165, 1.54) is 96.3 Å². The molecule has 0 heterocycles. The molecular formula is C74H120O6. The third kappa shape index (κ3) is 64.1. The first-order valence-corrected chi connectivity index (χ1v) is 32.8. The number of hydrogen-bond acceptors (Lipinski definition) is 6. The van der Waals surface area contributed by atoms with Crippen LogP contribution in [0.4, 0.5) is 0 Å². The standard InChI is InChI=1S/C74H120O6/c1-4-7-10-13-16-19-22-25-28-31-33-34-35-36-37-38-39-40-41-44-46-49-52-55-58-61-64-67-73(76)79-70-71(69-78-72(75)66-63-60-57-54-51-48-45-42-30-27-24-21-18-15-12-9-6-3)80-74(77)68-65-62-59-56-53-50-47-43-32-29-26-23-20-17-14-11-8-5-2/h7,9-10,12,16,18-19,21,25,27-28,30,33-34,36-37,39-40,44-46,48,52,55,71H,4-6,8,11,13-15,17,20,22-24,26,29,31-32,35,38,41-43,47,49-51,53-54,56-70H2,1-3H3/b10-7-,12-9-,19-16-,21-18-,28-25-,30-27-,34-33-,37-36-,40-39-,46-44-,48-45-,55-52-. The highest BCUT2D eigenvalue weighted by Gasteiger charge is 2.19. The van der Waals surface area contributed by atoms with E-state index in [-0.39, 0.29) is 31.1 Å². The maximum Gasteiger partial charge on any atom is 0.306 e. The average molecular weight is 1110 g/mol. The molecule has 0 bridgehead atoms. The predicted octanol–water partition coefficient (Wildman–Crippen LogP) is 22.7. The fraction of sp³-hybridized carbons (Fsp3) is 0.635. The van der Waals surface area contributed by atoms with Crippen LogP contribution in [0.25, 0.3) is 0 Å². The average Bonchev–Trinajstić information content (AvgIpc) is 3.46. The van der Waals surface area contributed by atoms with Crippen molar-refractivity contribution in [1.82, 2.24) is 0 Å². The summed E-state index contributed by atoms with van der Waals surface area (Å²) in [6, 6.07) is 0. The topological polar surface area (TPSA) is 78.9 Å². The maximum atomic E-state index is 12.9. The zero-order valence-electron chi connectivity index (χ0n) is 51.8. The summed E-state index contributed by atoms with van der Waals surface area (Å²) in [5.74, 6) is -0.970. The Bertz CT molecular complexity index is 1750. The first kappa shape index (κ1) is 75.3. The van der Waals surface area contributed by atoms with Gasteiger partial charge in [-0.15, -0.1) is 0 Å². The lowest BCUT2D eigenvalue weighted by molar-refractivity contribution is -0.167. The van der Waals surface area contributed by atoms with Crippen LogP contribution in [0.3, 0.4) is 0 Å². The molecule has 1 unspecified atom stereocenters. The van der Waals surface area contributed by atoms with Crippen LogP contribution in [-0.2, 0) is 28.6 Å². The normalized spacial score (nSPS) is 13.1. The first-order valence-electron chi connectivity index (χ1n) is 32.8. The monoisotopic (exact) mass is 1100 g/mol. The van der Waals surface area contributed by atoms with Crippen molar-refractivity contribution in [3.63, 3.8) is 0 Å². The molecular weight excluding hydrogens is 985 g/mol. The van der Waals surface area contributed by atoms with Gasteiger partial charge >= 0.3 is 17.9 Å². The van der Waals surface area contributed by atoms with Gasteiger partial charge in [-0.25, -0.2) is 0 Å². The zero-order chi connectivity index (χ0) is 57.8. The van der Waals surface area contributed by atoms with Crippen LogP contribution < -0.4 is 0 Å². The molecule has 0 aliphatic rings. The lowest BCUT2D eigenvalue weighted by Gasteiger charge is -2.18. The largest absolute Gasteiger partial charge is 0.462 e. The SMILES string of the molecule is CC/C=C\C/C=C\C/C=C\C/C=C\C/C=C\C/C=C\C/C=C\C/C=C\CCCCC(=O)OCC(COC(=O)CCCCCC/C=C\C/C=C\C/C=C\C/C=C\CC)OC(=O)CCCCCCCCCCCCCCCCCCCC. The van der Waals surface area contributed by atoms with Crippen LogP contribution in [0.1, 0.15) is 284 Å². The molecule has 6 heteroatoms. The van der Waals surface area contributed by atoms with Gasteiger partial charge < -0.3 is 14.2 Å². The molecule has 0 aromatic rings. The van der Waals surface area contributed by atoms with Crippen molar-refractivity contribution in [2.45, 2.75) is 290 Å². The number of unbranched alkanes of at least 4 members (excludes halogenated alkanes) is 23. The summed E-state index contributed by atoms with van der Waals surface area (Å²) in [7, 11) is 0. The maximum absolute atomic E-state index is 12.9. The van der Waals surface area contributed by atoms with Crippen molar-refractivity contribution >= 4 is 17.9 Å². The number of allylic oxidation sites excluding steroid dienone is 24. The van der Waals surface area contributed by atoms with Gasteiger partial charge in [-0.2, -0.15) is 0 Å². The number of ether oxygens (including phenoxy) is 3. The Kier molecular flexibility index (Phi) is 62.9. The van der Waals surface area contributed by atoms with Crippen molar-refractivity contribution in [1.29, 1.82) is 0 Å². The van der Waals surface area contributed by atoms with E-state index >= 15 is 0 Å². The molecule has 0 aliphatic heterocycles. The highest BCUT2D eigenvalue weighted by molar-refractivity contribution is 5.71. The summed E-state index contributed by atoms with van der Waals surface area (Å²) >= 11 is 0. The Morgan fingerprint density at radius 2 is 0.487 bits per heavy atom. The van der Waals surface area contributed by atoms with E-state index in [0.29, 0.717) is 25.7 Å². The van der Waals surface area contributed by atoms with E-state index < -0.39 is 6.10 Å². The molecule has 6 nitrogen and oxygen atoms in total. The Balaban J connectivity index is 4.49. The third-order valence-electron chi connectivity index (χ3n) is 13.6. The fourth-order valence-corrected chi connectivity index (χ4v) is 8.74. The van der Waals surface area contributed by atoms with Gasteiger partial charge in [0.15, 0.2) is 6.10 Å². The molecule has 0 saturated heterocycles. The van der Waals surface area contributed by atoms with Gasteiger partial charge in [0.2, 0.25) is 0 Å². The number of esters is 3. The van der Waals surface area contributed by atoms with Crippen molar-refractivity contribution < 1.29 is 28.6 Å². The Morgan fingerprint density at radius 3 is 0.787 bits per heavy atom. The minimum atomic E-state index is -0.813. The summed E-state index contributed by atoms with van der Waals surface area (Å²) in [6.45, 7) is 6.37. The van der Waals surface area contributed by atoms with E-state index in [0.717, 1.165) is 141 Å². The quantitative estimate of drug-likeness (QED) is 0.0261. The molecule has 1 atom stereocenters. The van der Waals surface area contributed by atoms with Crippen molar-refractivity contribution in [3.8, 4) is 0 Å².